The lowest BCUT2D eigenvalue weighted by atomic mass is 9.84. The lowest BCUT2D eigenvalue weighted by Gasteiger charge is -2.26. The number of hydrogen-bond acceptors (Lipinski definition) is 4. The molecule has 0 aromatic rings. The fourth-order valence-corrected chi connectivity index (χ4v) is 1.64. The first kappa shape index (κ1) is 11.8. The Kier molecular flexibility index (Phi) is 4.34. The van der Waals surface area contributed by atoms with Crippen molar-refractivity contribution < 1.29 is 19.4 Å². The standard InChI is InChI=1S/C11H16O4/c1-2-7-15-11(14)9-6-4-3-5-8(9)10(12)13/h4,6,8-9H,2-3,5,7H2,1H3,(H,12,13)/p-1. The number of rotatable bonds is 4. The average Bonchev–Trinajstić information content (AvgIpc) is 2.25. The van der Waals surface area contributed by atoms with E-state index >= 15 is 0 Å². The number of carboxylic acids is 1. The Bertz CT molecular complexity index is 270. The van der Waals surface area contributed by atoms with Gasteiger partial charge in [0.05, 0.1) is 12.5 Å². The number of aliphatic carboxylic acids is 1. The lowest BCUT2D eigenvalue weighted by molar-refractivity contribution is -0.313. The van der Waals surface area contributed by atoms with E-state index in [9.17, 15) is 14.7 Å². The maximum absolute atomic E-state index is 11.5. The molecule has 0 saturated heterocycles. The van der Waals surface area contributed by atoms with Crippen LogP contribution in [-0.4, -0.2) is 18.5 Å². The van der Waals surface area contributed by atoms with E-state index in [1.807, 2.05) is 13.0 Å². The largest absolute Gasteiger partial charge is 0.550 e. The van der Waals surface area contributed by atoms with Gasteiger partial charge >= 0.3 is 5.97 Å². The monoisotopic (exact) mass is 211 g/mol. The molecule has 2 atom stereocenters. The van der Waals surface area contributed by atoms with Gasteiger partial charge in [0, 0.05) is 11.9 Å². The van der Waals surface area contributed by atoms with E-state index in [0.717, 1.165) is 6.42 Å². The van der Waals surface area contributed by atoms with Crippen molar-refractivity contribution in [2.45, 2.75) is 26.2 Å². The van der Waals surface area contributed by atoms with Crippen molar-refractivity contribution in [1.29, 1.82) is 0 Å². The first-order valence-electron chi connectivity index (χ1n) is 5.21. The number of allylic oxidation sites excluding steroid dienone is 1. The minimum absolute atomic E-state index is 0.336. The fourth-order valence-electron chi connectivity index (χ4n) is 1.64. The van der Waals surface area contributed by atoms with Crippen molar-refractivity contribution in [3.63, 3.8) is 0 Å². The van der Waals surface area contributed by atoms with Crippen LogP contribution < -0.4 is 5.11 Å². The Morgan fingerprint density at radius 3 is 2.87 bits per heavy atom. The molecule has 84 valence electrons. The van der Waals surface area contributed by atoms with Gasteiger partial charge in [-0.25, -0.2) is 0 Å². The van der Waals surface area contributed by atoms with E-state index in [4.69, 9.17) is 4.74 Å². The predicted octanol–water partition coefficient (Wildman–Crippen LogP) is 0.272. The molecule has 0 fully saturated rings. The summed E-state index contributed by atoms with van der Waals surface area (Å²) in [5, 5.41) is 10.8. The molecular formula is C11H15O4-. The predicted molar refractivity (Wildman–Crippen MR) is 51.6 cm³/mol. The van der Waals surface area contributed by atoms with Gasteiger partial charge in [0.25, 0.3) is 0 Å². The van der Waals surface area contributed by atoms with Gasteiger partial charge in [-0.05, 0) is 19.3 Å². The molecule has 4 heteroatoms. The highest BCUT2D eigenvalue weighted by molar-refractivity contribution is 5.82. The van der Waals surface area contributed by atoms with Crippen LogP contribution in [0, 0.1) is 11.8 Å². The van der Waals surface area contributed by atoms with E-state index in [0.29, 0.717) is 19.4 Å². The minimum atomic E-state index is -1.17. The molecule has 1 aliphatic carbocycles. The molecular weight excluding hydrogens is 196 g/mol. The second-order valence-electron chi connectivity index (χ2n) is 3.62. The van der Waals surface area contributed by atoms with Crippen LogP contribution in [0.25, 0.3) is 0 Å². The van der Waals surface area contributed by atoms with Gasteiger partial charge in [0.1, 0.15) is 0 Å². The highest BCUT2D eigenvalue weighted by atomic mass is 16.5. The molecule has 1 aliphatic rings. The van der Waals surface area contributed by atoms with Crippen LogP contribution in [0.4, 0.5) is 0 Å². The summed E-state index contributed by atoms with van der Waals surface area (Å²) in [6.07, 6.45) is 5.29. The van der Waals surface area contributed by atoms with Gasteiger partial charge < -0.3 is 14.6 Å². The summed E-state index contributed by atoms with van der Waals surface area (Å²) >= 11 is 0. The van der Waals surface area contributed by atoms with Crippen molar-refractivity contribution in [1.82, 2.24) is 0 Å². The summed E-state index contributed by atoms with van der Waals surface area (Å²) in [6, 6.07) is 0. The number of carboxylic acid groups (broad SMARTS) is 1. The van der Waals surface area contributed by atoms with Gasteiger partial charge in [-0.15, -0.1) is 0 Å². The van der Waals surface area contributed by atoms with Crippen LogP contribution >= 0.6 is 0 Å². The van der Waals surface area contributed by atoms with Crippen molar-refractivity contribution in [2.24, 2.45) is 11.8 Å². The van der Waals surface area contributed by atoms with Gasteiger partial charge in [0.15, 0.2) is 0 Å². The van der Waals surface area contributed by atoms with Crippen LogP contribution in [0.15, 0.2) is 12.2 Å². The van der Waals surface area contributed by atoms with E-state index in [2.05, 4.69) is 0 Å². The number of carbonyl (C=O) groups excluding carboxylic acids is 2. The van der Waals surface area contributed by atoms with E-state index in [1.165, 1.54) is 0 Å². The molecule has 0 aromatic heterocycles. The van der Waals surface area contributed by atoms with E-state index < -0.39 is 23.8 Å². The molecule has 0 heterocycles. The molecule has 0 spiro atoms. The van der Waals surface area contributed by atoms with Crippen molar-refractivity contribution in [3.8, 4) is 0 Å². The first-order chi connectivity index (χ1) is 7.16. The van der Waals surface area contributed by atoms with Crippen LogP contribution in [0.2, 0.25) is 0 Å². The van der Waals surface area contributed by atoms with Gasteiger partial charge in [0.2, 0.25) is 0 Å². The fraction of sp³-hybridized carbons (Fsp3) is 0.636. The van der Waals surface area contributed by atoms with Crippen LogP contribution in [0.1, 0.15) is 26.2 Å². The zero-order valence-corrected chi connectivity index (χ0v) is 8.77. The van der Waals surface area contributed by atoms with Crippen molar-refractivity contribution in [3.05, 3.63) is 12.2 Å². The topological polar surface area (TPSA) is 66.4 Å². The van der Waals surface area contributed by atoms with Crippen molar-refractivity contribution in [2.75, 3.05) is 6.61 Å². The summed E-state index contributed by atoms with van der Waals surface area (Å²) < 4.78 is 4.93. The van der Waals surface area contributed by atoms with Crippen LogP contribution in [0.3, 0.4) is 0 Å². The number of esters is 1. The summed E-state index contributed by atoms with van der Waals surface area (Å²) in [6.45, 7) is 2.23. The first-order valence-corrected chi connectivity index (χ1v) is 5.21. The second-order valence-corrected chi connectivity index (χ2v) is 3.62. The number of hydrogen-bond donors (Lipinski definition) is 0. The Labute approximate surface area is 88.9 Å². The average molecular weight is 211 g/mol. The molecule has 0 bridgehead atoms. The number of ether oxygens (including phenoxy) is 1. The molecule has 0 radical (unpaired) electrons. The molecule has 4 nitrogen and oxygen atoms in total. The number of carbonyl (C=O) groups is 2. The third-order valence-electron chi connectivity index (χ3n) is 2.44. The quantitative estimate of drug-likeness (QED) is 0.494. The summed E-state index contributed by atoms with van der Waals surface area (Å²) in [7, 11) is 0. The normalized spacial score (nSPS) is 24.9. The lowest BCUT2D eigenvalue weighted by Crippen LogP contribution is -2.40. The second kappa shape index (κ2) is 5.53. The molecule has 0 aromatic carbocycles. The van der Waals surface area contributed by atoms with Gasteiger partial charge in [-0.1, -0.05) is 19.1 Å². The summed E-state index contributed by atoms with van der Waals surface area (Å²) in [5.41, 5.74) is 0. The van der Waals surface area contributed by atoms with Crippen LogP contribution in [-0.2, 0) is 14.3 Å². The molecule has 0 N–H and O–H groups in total. The summed E-state index contributed by atoms with van der Waals surface area (Å²) in [5.74, 6) is -3.03. The van der Waals surface area contributed by atoms with Crippen LogP contribution in [0.5, 0.6) is 0 Å². The van der Waals surface area contributed by atoms with Crippen molar-refractivity contribution >= 4 is 11.9 Å². The zero-order chi connectivity index (χ0) is 11.3. The smallest absolute Gasteiger partial charge is 0.313 e. The Morgan fingerprint density at radius 1 is 1.53 bits per heavy atom. The maximum Gasteiger partial charge on any atom is 0.313 e. The molecule has 2 unspecified atom stereocenters. The third kappa shape index (κ3) is 3.08. The van der Waals surface area contributed by atoms with Gasteiger partial charge in [-0.3, -0.25) is 4.79 Å². The molecule has 0 saturated carbocycles. The highest BCUT2D eigenvalue weighted by Gasteiger charge is 2.29. The molecule has 15 heavy (non-hydrogen) atoms. The highest BCUT2D eigenvalue weighted by Crippen LogP contribution is 2.25. The maximum atomic E-state index is 11.5. The Morgan fingerprint density at radius 2 is 2.27 bits per heavy atom. The third-order valence-corrected chi connectivity index (χ3v) is 2.44. The molecule has 0 amide bonds. The minimum Gasteiger partial charge on any atom is -0.550 e. The zero-order valence-electron chi connectivity index (χ0n) is 8.77. The van der Waals surface area contributed by atoms with E-state index in [1.54, 1.807) is 6.08 Å². The van der Waals surface area contributed by atoms with E-state index in [-0.39, 0.29) is 0 Å². The SMILES string of the molecule is CCCOC(=O)C1C=CCCC1C(=O)[O-]. The Hall–Kier alpha value is -1.32. The molecule has 1 rings (SSSR count). The molecule has 0 aliphatic heterocycles. The summed E-state index contributed by atoms with van der Waals surface area (Å²) in [4.78, 5) is 22.3. The van der Waals surface area contributed by atoms with Gasteiger partial charge in [-0.2, -0.15) is 0 Å². The Balaban J connectivity index is 2.63.